The fraction of sp³-hybridized carbons (Fsp3) is 0.333. The van der Waals surface area contributed by atoms with Crippen molar-refractivity contribution in [3.8, 4) is 11.9 Å². The van der Waals surface area contributed by atoms with Gasteiger partial charge in [0.2, 0.25) is 5.88 Å². The maximum atomic E-state index is 12.7. The van der Waals surface area contributed by atoms with Crippen molar-refractivity contribution in [2.45, 2.75) is 39.7 Å². The van der Waals surface area contributed by atoms with E-state index in [1.54, 1.807) is 25.1 Å². The van der Waals surface area contributed by atoms with Crippen molar-refractivity contribution in [1.82, 2.24) is 4.57 Å². The third kappa shape index (κ3) is 4.06. The van der Waals surface area contributed by atoms with Gasteiger partial charge in [0.15, 0.2) is 5.69 Å². The molecule has 0 aliphatic carbocycles. The van der Waals surface area contributed by atoms with E-state index < -0.39 is 5.56 Å². The Bertz CT molecular complexity index is 946. The number of rotatable bonds is 6. The lowest BCUT2D eigenvalue weighted by Gasteiger charge is -2.12. The first-order chi connectivity index (χ1) is 12.4. The lowest BCUT2D eigenvalue weighted by molar-refractivity contribution is 0.398. The molecular formula is C18H18Cl2N4O2. The minimum Gasteiger partial charge on any atom is -0.493 e. The molecule has 0 aliphatic rings. The summed E-state index contributed by atoms with van der Waals surface area (Å²) in [4.78, 5) is 12.7. The van der Waals surface area contributed by atoms with Gasteiger partial charge in [-0.05, 0) is 25.5 Å². The molecule has 1 N–H and O–H groups in total. The molecule has 1 aromatic heterocycles. The van der Waals surface area contributed by atoms with Crippen molar-refractivity contribution >= 4 is 34.6 Å². The number of aromatic nitrogens is 1. The van der Waals surface area contributed by atoms with Crippen LogP contribution in [0.1, 0.15) is 37.3 Å². The normalized spacial score (nSPS) is 11.0. The molecule has 1 aromatic carbocycles. The van der Waals surface area contributed by atoms with Crippen LogP contribution in [-0.2, 0) is 6.54 Å². The summed E-state index contributed by atoms with van der Waals surface area (Å²) in [7, 11) is 0. The molecule has 0 amide bonds. The summed E-state index contributed by atoms with van der Waals surface area (Å²) in [6.07, 6.45) is 2.57. The Labute approximate surface area is 161 Å². The molecule has 1 heterocycles. The zero-order valence-corrected chi connectivity index (χ0v) is 16.0. The molecule has 0 saturated heterocycles. The average molecular weight is 393 g/mol. The Kier molecular flexibility index (Phi) is 6.78. The summed E-state index contributed by atoms with van der Waals surface area (Å²) < 4.78 is 1.16. The summed E-state index contributed by atoms with van der Waals surface area (Å²) in [5.74, 6) is -0.342. The highest BCUT2D eigenvalue weighted by Crippen LogP contribution is 2.33. The third-order valence-corrected chi connectivity index (χ3v) is 4.75. The highest BCUT2D eigenvalue weighted by atomic mass is 35.5. The van der Waals surface area contributed by atoms with Crippen LogP contribution in [0.5, 0.6) is 5.88 Å². The largest absolute Gasteiger partial charge is 0.493 e. The molecule has 2 rings (SSSR count). The van der Waals surface area contributed by atoms with Crippen molar-refractivity contribution in [3.05, 3.63) is 49.7 Å². The fourth-order valence-electron chi connectivity index (χ4n) is 2.46. The first kappa shape index (κ1) is 20.0. The standard InChI is InChI=1S/C18H18Cl2N4O2/c1-3-4-5-9-24-17(25)12(10-21)11(2)16(18(24)26)23-22-14-8-6-7-13(19)15(14)20/h6-8,25H,3-5,9H2,1-2H3. The van der Waals surface area contributed by atoms with Gasteiger partial charge in [0.25, 0.3) is 5.56 Å². The van der Waals surface area contributed by atoms with Crippen molar-refractivity contribution in [3.63, 3.8) is 0 Å². The molecule has 0 atom stereocenters. The van der Waals surface area contributed by atoms with Crippen LogP contribution >= 0.6 is 23.2 Å². The molecule has 0 bridgehead atoms. The van der Waals surface area contributed by atoms with Gasteiger partial charge in [-0.3, -0.25) is 9.36 Å². The number of hydrogen-bond donors (Lipinski definition) is 1. The molecule has 0 saturated carbocycles. The van der Waals surface area contributed by atoms with Gasteiger partial charge in [0.05, 0.1) is 10.0 Å². The molecule has 0 unspecified atom stereocenters. The van der Waals surface area contributed by atoms with Crippen LogP contribution in [0, 0.1) is 18.3 Å². The van der Waals surface area contributed by atoms with E-state index in [0.717, 1.165) is 17.4 Å². The molecule has 0 spiro atoms. The van der Waals surface area contributed by atoms with Gasteiger partial charge in [-0.2, -0.15) is 5.26 Å². The maximum Gasteiger partial charge on any atom is 0.281 e. The predicted molar refractivity (Wildman–Crippen MR) is 102 cm³/mol. The summed E-state index contributed by atoms with van der Waals surface area (Å²) in [5, 5.41) is 28.2. The zero-order chi connectivity index (χ0) is 19.3. The van der Waals surface area contributed by atoms with E-state index in [1.165, 1.54) is 0 Å². The van der Waals surface area contributed by atoms with Gasteiger partial charge in [-0.1, -0.05) is 49.0 Å². The quantitative estimate of drug-likeness (QED) is 0.508. The highest BCUT2D eigenvalue weighted by Gasteiger charge is 2.19. The van der Waals surface area contributed by atoms with Crippen molar-refractivity contribution < 1.29 is 5.11 Å². The number of azo groups is 1. The Balaban J connectivity index is 2.55. The van der Waals surface area contributed by atoms with Crippen LogP contribution in [0.3, 0.4) is 0 Å². The van der Waals surface area contributed by atoms with Gasteiger partial charge < -0.3 is 5.11 Å². The van der Waals surface area contributed by atoms with Crippen molar-refractivity contribution in [2.75, 3.05) is 0 Å². The summed E-state index contributed by atoms with van der Waals surface area (Å²) in [6.45, 7) is 3.88. The van der Waals surface area contributed by atoms with Crippen LogP contribution < -0.4 is 5.56 Å². The molecule has 136 valence electrons. The average Bonchev–Trinajstić information content (AvgIpc) is 2.61. The second kappa shape index (κ2) is 8.84. The summed E-state index contributed by atoms with van der Waals surface area (Å²) in [5.41, 5.74) is 0.0712. The van der Waals surface area contributed by atoms with Crippen LogP contribution in [0.15, 0.2) is 33.2 Å². The van der Waals surface area contributed by atoms with E-state index in [-0.39, 0.29) is 27.7 Å². The minimum absolute atomic E-state index is 0.00670. The third-order valence-electron chi connectivity index (χ3n) is 3.94. The van der Waals surface area contributed by atoms with Gasteiger partial charge in [-0.15, -0.1) is 10.2 Å². The molecule has 0 fully saturated rings. The van der Waals surface area contributed by atoms with E-state index in [0.29, 0.717) is 23.7 Å². The number of aromatic hydroxyl groups is 1. The highest BCUT2D eigenvalue weighted by molar-refractivity contribution is 6.43. The number of hydrogen-bond acceptors (Lipinski definition) is 5. The monoisotopic (exact) mass is 392 g/mol. The minimum atomic E-state index is -0.503. The topological polar surface area (TPSA) is 90.7 Å². The Morgan fingerprint density at radius 1 is 1.27 bits per heavy atom. The molecule has 26 heavy (non-hydrogen) atoms. The van der Waals surface area contributed by atoms with Gasteiger partial charge in [0, 0.05) is 12.1 Å². The number of nitrogens with zero attached hydrogens (tertiary/aromatic N) is 4. The molecule has 0 aliphatic heterocycles. The lowest BCUT2D eigenvalue weighted by Crippen LogP contribution is -2.22. The lowest BCUT2D eigenvalue weighted by atomic mass is 10.1. The maximum absolute atomic E-state index is 12.7. The summed E-state index contributed by atoms with van der Waals surface area (Å²) >= 11 is 12.0. The second-order valence-corrected chi connectivity index (χ2v) is 6.51. The number of benzene rings is 1. The molecule has 6 nitrogen and oxygen atoms in total. The van der Waals surface area contributed by atoms with Crippen LogP contribution in [-0.4, -0.2) is 9.67 Å². The van der Waals surface area contributed by atoms with Gasteiger partial charge >= 0.3 is 0 Å². The smallest absolute Gasteiger partial charge is 0.281 e. The molecule has 2 aromatic rings. The van der Waals surface area contributed by atoms with E-state index >= 15 is 0 Å². The van der Waals surface area contributed by atoms with Crippen LogP contribution in [0.4, 0.5) is 11.4 Å². The first-order valence-corrected chi connectivity index (χ1v) is 8.90. The van der Waals surface area contributed by atoms with Gasteiger partial charge in [-0.25, -0.2) is 0 Å². The Morgan fingerprint density at radius 3 is 2.65 bits per heavy atom. The predicted octanol–water partition coefficient (Wildman–Crippen LogP) is 5.65. The van der Waals surface area contributed by atoms with E-state index in [1.807, 2.05) is 13.0 Å². The van der Waals surface area contributed by atoms with E-state index in [2.05, 4.69) is 10.2 Å². The number of unbranched alkanes of at least 4 members (excludes halogenated alkanes) is 2. The van der Waals surface area contributed by atoms with Crippen molar-refractivity contribution in [1.29, 1.82) is 5.26 Å². The van der Waals surface area contributed by atoms with E-state index in [9.17, 15) is 15.2 Å². The SMILES string of the molecule is CCCCCn1c(O)c(C#N)c(C)c(N=Nc2cccc(Cl)c2Cl)c1=O. The van der Waals surface area contributed by atoms with Crippen LogP contribution in [0.2, 0.25) is 10.0 Å². The first-order valence-electron chi connectivity index (χ1n) is 8.14. The van der Waals surface area contributed by atoms with Crippen molar-refractivity contribution in [2.24, 2.45) is 10.2 Å². The molecule has 0 radical (unpaired) electrons. The van der Waals surface area contributed by atoms with Crippen LogP contribution in [0.25, 0.3) is 0 Å². The molecule has 8 heteroatoms. The zero-order valence-electron chi connectivity index (χ0n) is 14.5. The number of pyridine rings is 1. The second-order valence-electron chi connectivity index (χ2n) is 5.72. The van der Waals surface area contributed by atoms with Gasteiger partial charge in [0.1, 0.15) is 17.3 Å². The Hall–Kier alpha value is -2.36. The summed E-state index contributed by atoms with van der Waals surface area (Å²) in [6, 6.07) is 6.81. The number of nitriles is 1. The number of halogens is 2. The molecular weight excluding hydrogens is 375 g/mol. The Morgan fingerprint density at radius 2 is 2.00 bits per heavy atom. The van der Waals surface area contributed by atoms with E-state index in [4.69, 9.17) is 23.2 Å². The fourth-order valence-corrected chi connectivity index (χ4v) is 2.79.